The van der Waals surface area contributed by atoms with Crippen molar-refractivity contribution in [3.63, 3.8) is 0 Å². The van der Waals surface area contributed by atoms with Crippen molar-refractivity contribution in [2.24, 2.45) is 0 Å². The fraction of sp³-hybridized carbons (Fsp3) is 0.167. The van der Waals surface area contributed by atoms with Gasteiger partial charge >= 0.3 is 0 Å². The van der Waals surface area contributed by atoms with Gasteiger partial charge in [-0.25, -0.2) is 0 Å². The molecule has 1 rings (SSSR count). The Morgan fingerprint density at radius 1 is 1.67 bits per heavy atom. The summed E-state index contributed by atoms with van der Waals surface area (Å²) in [5, 5.41) is 8.85. The summed E-state index contributed by atoms with van der Waals surface area (Å²) >= 11 is 3.80. The highest BCUT2D eigenvalue weighted by atomic mass is 32.1. The van der Waals surface area contributed by atoms with Gasteiger partial charge < -0.3 is 5.11 Å². The second-order valence-corrected chi connectivity index (χ2v) is 2.15. The molecule has 0 aromatic carbocycles. The summed E-state index contributed by atoms with van der Waals surface area (Å²) < 4.78 is 0. The van der Waals surface area contributed by atoms with Gasteiger partial charge in [-0.15, -0.1) is 12.6 Å². The average Bonchev–Trinajstić information content (AvgIpc) is 1.90. The Balaban J connectivity index is 2.85. The molecule has 0 saturated heterocycles. The predicted molar refractivity (Wildman–Crippen MR) is 38.2 cm³/mol. The van der Waals surface area contributed by atoms with E-state index < -0.39 is 5.44 Å². The number of pyridine rings is 1. The maximum Gasteiger partial charge on any atom is 0.123 e. The van der Waals surface area contributed by atoms with Crippen molar-refractivity contribution in [3.05, 3.63) is 30.1 Å². The van der Waals surface area contributed by atoms with Gasteiger partial charge in [-0.05, 0) is 6.07 Å². The predicted octanol–water partition coefficient (Wildman–Crippen LogP) is 1.00. The summed E-state index contributed by atoms with van der Waals surface area (Å²) in [5.74, 6) is 0. The molecule has 0 bridgehead atoms. The maximum absolute atomic E-state index is 8.85. The Labute approximate surface area is 59.0 Å². The van der Waals surface area contributed by atoms with E-state index in [1.165, 1.54) is 0 Å². The van der Waals surface area contributed by atoms with Crippen LogP contribution in [0.3, 0.4) is 0 Å². The first-order valence-corrected chi connectivity index (χ1v) is 3.08. The first-order chi connectivity index (χ1) is 4.30. The van der Waals surface area contributed by atoms with Crippen LogP contribution in [0, 0.1) is 0 Å². The highest BCUT2D eigenvalue weighted by Gasteiger charge is 1.97. The van der Waals surface area contributed by atoms with E-state index >= 15 is 0 Å². The highest BCUT2D eigenvalue weighted by molar-refractivity contribution is 7.80. The third-order valence-corrected chi connectivity index (χ3v) is 1.28. The first kappa shape index (κ1) is 6.58. The van der Waals surface area contributed by atoms with Crippen LogP contribution in [0.1, 0.15) is 11.0 Å². The first-order valence-electron chi connectivity index (χ1n) is 2.57. The summed E-state index contributed by atoms with van der Waals surface area (Å²) in [6.07, 6.45) is 3.23. The van der Waals surface area contributed by atoms with E-state index in [1.54, 1.807) is 24.5 Å². The molecule has 1 N–H and O–H groups in total. The summed E-state index contributed by atoms with van der Waals surface area (Å²) in [7, 11) is 0. The van der Waals surface area contributed by atoms with Crippen molar-refractivity contribution in [3.8, 4) is 0 Å². The van der Waals surface area contributed by atoms with E-state index in [-0.39, 0.29) is 0 Å². The highest BCUT2D eigenvalue weighted by Crippen LogP contribution is 2.12. The standard InChI is InChI=1S/C6H7NOS/c8-6(9)5-2-1-3-7-4-5/h1-4,6,8-9H. The number of aliphatic hydroxyl groups excluding tert-OH is 1. The second-order valence-electron chi connectivity index (χ2n) is 1.66. The lowest BCUT2D eigenvalue weighted by atomic mass is 10.3. The van der Waals surface area contributed by atoms with Crippen LogP contribution in [0.4, 0.5) is 0 Å². The molecule has 1 atom stereocenters. The van der Waals surface area contributed by atoms with E-state index in [0.29, 0.717) is 0 Å². The van der Waals surface area contributed by atoms with Gasteiger partial charge in [0.25, 0.3) is 0 Å². The largest absolute Gasteiger partial charge is 0.378 e. The van der Waals surface area contributed by atoms with Crippen LogP contribution in [-0.2, 0) is 0 Å². The molecule has 0 saturated carbocycles. The van der Waals surface area contributed by atoms with E-state index in [0.717, 1.165) is 5.56 Å². The number of hydrogen-bond acceptors (Lipinski definition) is 3. The molecule has 0 fully saturated rings. The molecule has 1 heterocycles. The van der Waals surface area contributed by atoms with E-state index in [2.05, 4.69) is 17.6 Å². The number of hydrogen-bond donors (Lipinski definition) is 2. The van der Waals surface area contributed by atoms with Crippen LogP contribution in [0.5, 0.6) is 0 Å². The van der Waals surface area contributed by atoms with Gasteiger partial charge in [0.15, 0.2) is 0 Å². The molecular weight excluding hydrogens is 134 g/mol. The monoisotopic (exact) mass is 141 g/mol. The van der Waals surface area contributed by atoms with Crippen LogP contribution < -0.4 is 0 Å². The van der Waals surface area contributed by atoms with E-state index in [1.807, 2.05) is 0 Å². The zero-order valence-electron chi connectivity index (χ0n) is 4.73. The van der Waals surface area contributed by atoms with Crippen LogP contribution >= 0.6 is 12.6 Å². The molecule has 2 nitrogen and oxygen atoms in total. The minimum absolute atomic E-state index is 0.710. The van der Waals surface area contributed by atoms with Crippen LogP contribution in [0.2, 0.25) is 0 Å². The maximum atomic E-state index is 8.85. The van der Waals surface area contributed by atoms with E-state index in [9.17, 15) is 0 Å². The van der Waals surface area contributed by atoms with Crippen molar-refractivity contribution < 1.29 is 5.11 Å². The number of rotatable bonds is 1. The number of nitrogens with zero attached hydrogens (tertiary/aromatic N) is 1. The Morgan fingerprint density at radius 3 is 2.78 bits per heavy atom. The summed E-state index contributed by atoms with van der Waals surface area (Å²) in [6, 6.07) is 3.53. The van der Waals surface area contributed by atoms with Gasteiger partial charge in [-0.1, -0.05) is 6.07 Å². The Kier molecular flexibility index (Phi) is 2.08. The molecule has 3 heteroatoms. The Hall–Kier alpha value is -0.540. The lowest BCUT2D eigenvalue weighted by molar-refractivity contribution is 0.272. The van der Waals surface area contributed by atoms with Gasteiger partial charge in [0.05, 0.1) is 0 Å². The summed E-state index contributed by atoms with van der Waals surface area (Å²) in [4.78, 5) is 3.80. The third kappa shape index (κ3) is 1.69. The van der Waals surface area contributed by atoms with Crippen molar-refractivity contribution in [2.45, 2.75) is 5.44 Å². The second kappa shape index (κ2) is 2.85. The van der Waals surface area contributed by atoms with Gasteiger partial charge in [0.1, 0.15) is 5.44 Å². The van der Waals surface area contributed by atoms with Crippen molar-refractivity contribution >= 4 is 12.6 Å². The molecule has 48 valence electrons. The molecule has 0 aliphatic heterocycles. The number of aromatic nitrogens is 1. The number of aliphatic hydroxyl groups is 1. The minimum Gasteiger partial charge on any atom is -0.378 e. The Morgan fingerprint density at radius 2 is 2.44 bits per heavy atom. The van der Waals surface area contributed by atoms with Gasteiger partial charge in [0, 0.05) is 18.0 Å². The fourth-order valence-electron chi connectivity index (χ4n) is 0.529. The average molecular weight is 141 g/mol. The van der Waals surface area contributed by atoms with Crippen LogP contribution in [0.15, 0.2) is 24.5 Å². The molecule has 1 aromatic rings. The Bertz CT molecular complexity index is 176. The summed E-state index contributed by atoms with van der Waals surface area (Å²) in [5.41, 5.74) is 0.0135. The molecule has 0 aliphatic carbocycles. The molecule has 1 unspecified atom stereocenters. The third-order valence-electron chi connectivity index (χ3n) is 0.983. The minimum atomic E-state index is -0.710. The van der Waals surface area contributed by atoms with Crippen molar-refractivity contribution in [1.29, 1.82) is 0 Å². The molecule has 1 aromatic heterocycles. The smallest absolute Gasteiger partial charge is 0.123 e. The lowest BCUT2D eigenvalue weighted by Crippen LogP contribution is -1.86. The quantitative estimate of drug-likeness (QED) is 0.452. The van der Waals surface area contributed by atoms with E-state index in [4.69, 9.17) is 5.11 Å². The zero-order valence-corrected chi connectivity index (χ0v) is 5.62. The van der Waals surface area contributed by atoms with Gasteiger partial charge in [-0.3, -0.25) is 4.98 Å². The van der Waals surface area contributed by atoms with Crippen molar-refractivity contribution in [1.82, 2.24) is 4.98 Å². The van der Waals surface area contributed by atoms with Crippen LogP contribution in [-0.4, -0.2) is 10.1 Å². The van der Waals surface area contributed by atoms with Crippen molar-refractivity contribution in [2.75, 3.05) is 0 Å². The normalized spacial score (nSPS) is 13.1. The number of thiol groups is 1. The van der Waals surface area contributed by atoms with Gasteiger partial charge in [0.2, 0.25) is 0 Å². The van der Waals surface area contributed by atoms with Gasteiger partial charge in [-0.2, -0.15) is 0 Å². The molecule has 0 radical (unpaired) electrons. The van der Waals surface area contributed by atoms with Crippen LogP contribution in [0.25, 0.3) is 0 Å². The topological polar surface area (TPSA) is 33.1 Å². The molecule has 0 spiro atoms. The molecule has 0 amide bonds. The lowest BCUT2D eigenvalue weighted by Gasteiger charge is -1.99. The fourth-order valence-corrected chi connectivity index (χ4v) is 0.681. The molecular formula is C6H7NOS. The SMILES string of the molecule is OC(S)c1cccnc1. The molecule has 9 heavy (non-hydrogen) atoms. The zero-order chi connectivity index (χ0) is 6.69. The summed E-state index contributed by atoms with van der Waals surface area (Å²) in [6.45, 7) is 0. The molecule has 0 aliphatic rings.